The third-order valence-corrected chi connectivity index (χ3v) is 10.5. The van der Waals surface area contributed by atoms with Crippen LogP contribution in [0.4, 0.5) is 0 Å². The monoisotopic (exact) mass is 740 g/mol. The van der Waals surface area contributed by atoms with Crippen molar-refractivity contribution in [1.29, 1.82) is 0 Å². The first-order chi connectivity index (χ1) is 33.3. The standard InChI is InChI=1S/C51H32N6/c1-9-25-41-33(17-1)34-18-2-10-26-42(34)55(41)47-31-15-7-23-39(47)49-52-50(54-51(53-49)57-45-29-13-5-21-37(45)38-22-6-14-30-46(38)57)40-24-8-16-32-48(40)56-43-27-11-3-19-35(43)36-20-4-12-28-44(36)56/h1-32H/i1D,3D,5D,9D,11D,13D,17D,19D,21D,25D,27D,29D. The zero-order valence-electron chi connectivity index (χ0n) is 41.7. The first-order valence-electron chi connectivity index (χ1n) is 24.2. The summed E-state index contributed by atoms with van der Waals surface area (Å²) in [5.41, 5.74) is 4.06. The highest BCUT2D eigenvalue weighted by molar-refractivity contribution is 6.11. The molecular formula is C51H32N6. The molecule has 0 atom stereocenters. The van der Waals surface area contributed by atoms with Crippen LogP contribution in [0, 0.1) is 0 Å². The van der Waals surface area contributed by atoms with Gasteiger partial charge in [0.1, 0.15) is 0 Å². The fourth-order valence-electron chi connectivity index (χ4n) is 8.14. The Hall–Kier alpha value is -7.83. The molecule has 0 bridgehead atoms. The number of hydrogen-bond donors (Lipinski definition) is 0. The summed E-state index contributed by atoms with van der Waals surface area (Å²) in [6.07, 6.45) is 0. The van der Waals surface area contributed by atoms with Crippen LogP contribution in [0.25, 0.3) is 106 Å². The van der Waals surface area contributed by atoms with Gasteiger partial charge >= 0.3 is 0 Å². The predicted octanol–water partition coefficient (Wildman–Crippen LogP) is 12.5. The lowest BCUT2D eigenvalue weighted by Gasteiger charge is -2.17. The Morgan fingerprint density at radius 1 is 0.316 bits per heavy atom. The van der Waals surface area contributed by atoms with Crippen molar-refractivity contribution in [2.45, 2.75) is 0 Å². The fourth-order valence-corrected chi connectivity index (χ4v) is 8.14. The van der Waals surface area contributed by atoms with Gasteiger partial charge in [-0.25, -0.2) is 4.98 Å². The molecule has 4 aromatic heterocycles. The highest BCUT2D eigenvalue weighted by Crippen LogP contribution is 2.39. The molecule has 0 N–H and O–H groups in total. The van der Waals surface area contributed by atoms with Gasteiger partial charge in [0.15, 0.2) is 11.6 Å². The quantitative estimate of drug-likeness (QED) is 0.177. The molecule has 57 heavy (non-hydrogen) atoms. The van der Waals surface area contributed by atoms with Crippen LogP contribution < -0.4 is 0 Å². The van der Waals surface area contributed by atoms with Gasteiger partial charge in [-0.1, -0.05) is 133 Å². The fraction of sp³-hybridized carbons (Fsp3) is 0. The Morgan fingerprint density at radius 2 is 0.667 bits per heavy atom. The van der Waals surface area contributed by atoms with Crippen LogP contribution in [-0.4, -0.2) is 28.7 Å². The normalized spacial score (nSPS) is 14.8. The van der Waals surface area contributed by atoms with Gasteiger partial charge in [-0.15, -0.1) is 0 Å². The molecule has 0 saturated carbocycles. The summed E-state index contributed by atoms with van der Waals surface area (Å²) in [6, 6.07) is 32.3. The molecular weight excluding hydrogens is 697 g/mol. The molecule has 266 valence electrons. The van der Waals surface area contributed by atoms with Gasteiger partial charge in [-0.3, -0.25) is 4.57 Å². The van der Waals surface area contributed by atoms with E-state index in [1.165, 1.54) is 0 Å². The molecule has 0 saturated heterocycles. The second kappa shape index (κ2) is 12.3. The van der Waals surface area contributed by atoms with Gasteiger partial charge < -0.3 is 9.13 Å². The lowest BCUT2D eigenvalue weighted by molar-refractivity contribution is 0.950. The second-order valence-electron chi connectivity index (χ2n) is 13.5. The van der Waals surface area contributed by atoms with Gasteiger partial charge in [0.25, 0.3) is 0 Å². The van der Waals surface area contributed by atoms with E-state index in [9.17, 15) is 4.11 Å². The summed E-state index contributed by atoms with van der Waals surface area (Å²) >= 11 is 0. The maximum atomic E-state index is 9.27. The van der Waals surface area contributed by atoms with Crippen molar-refractivity contribution in [3.63, 3.8) is 0 Å². The highest BCUT2D eigenvalue weighted by Gasteiger charge is 2.23. The van der Waals surface area contributed by atoms with Crippen LogP contribution in [0.2, 0.25) is 0 Å². The second-order valence-corrected chi connectivity index (χ2v) is 13.5. The molecule has 12 rings (SSSR count). The molecule has 8 aromatic carbocycles. The number of rotatable bonds is 5. The van der Waals surface area contributed by atoms with Gasteiger partial charge in [-0.05, 0) is 60.6 Å². The highest BCUT2D eigenvalue weighted by atomic mass is 15.2. The SMILES string of the molecule is [2H]c1c([2H])c([2H])c2c(c1[2H])c1ccccc1n2-c1nc(-c2ccccc2-n2c3ccccc3c3c([2H])c([2H])c([2H])c([2H])c32)nc(-c2ccccc2-n2c3ccccc3c3c([2H])c([2H])c([2H])c([2H])c32)n1. The first kappa shape index (κ1) is 21.9. The minimum atomic E-state index is -0.450. The summed E-state index contributed by atoms with van der Waals surface area (Å²) in [5, 5.41) is 2.66. The Labute approximate surface area is 344 Å². The van der Waals surface area contributed by atoms with E-state index < -0.39 is 24.2 Å². The van der Waals surface area contributed by atoms with E-state index in [1.807, 2.05) is 60.7 Å². The van der Waals surface area contributed by atoms with E-state index >= 15 is 0 Å². The van der Waals surface area contributed by atoms with Gasteiger partial charge in [0, 0.05) is 43.4 Å². The van der Waals surface area contributed by atoms with Crippen molar-refractivity contribution in [2.24, 2.45) is 0 Å². The molecule has 12 aromatic rings. The van der Waals surface area contributed by atoms with E-state index in [4.69, 9.17) is 27.3 Å². The van der Waals surface area contributed by atoms with Gasteiger partial charge in [0.05, 0.1) is 60.9 Å². The Morgan fingerprint density at radius 3 is 1.12 bits per heavy atom. The molecule has 0 radical (unpaired) electrons. The summed E-state index contributed by atoms with van der Waals surface area (Å²) in [7, 11) is 0. The van der Waals surface area contributed by atoms with Crippen LogP contribution in [0.15, 0.2) is 194 Å². The van der Waals surface area contributed by atoms with Gasteiger partial charge in [-0.2, -0.15) is 9.97 Å². The molecule has 0 aliphatic carbocycles. The van der Waals surface area contributed by atoms with E-state index in [-0.39, 0.29) is 87.9 Å². The van der Waals surface area contributed by atoms with E-state index in [1.54, 1.807) is 74.4 Å². The summed E-state index contributed by atoms with van der Waals surface area (Å²) in [6.45, 7) is 0. The van der Waals surface area contributed by atoms with Crippen molar-refractivity contribution >= 4 is 65.4 Å². The molecule has 0 amide bonds. The van der Waals surface area contributed by atoms with Crippen molar-refractivity contribution < 1.29 is 16.4 Å². The Balaban J connectivity index is 1.23. The predicted molar refractivity (Wildman–Crippen MR) is 234 cm³/mol. The van der Waals surface area contributed by atoms with E-state index in [2.05, 4.69) is 0 Å². The third kappa shape index (κ3) is 4.68. The molecule has 0 fully saturated rings. The molecule has 0 spiro atoms. The summed E-state index contributed by atoms with van der Waals surface area (Å²) in [5.74, 6) is 0.190. The largest absolute Gasteiger partial charge is 0.309 e. The number of fused-ring (bicyclic) bond motifs is 9. The summed E-state index contributed by atoms with van der Waals surface area (Å²) in [4.78, 5) is 15.5. The van der Waals surface area contributed by atoms with E-state index in [0.717, 1.165) is 0 Å². The van der Waals surface area contributed by atoms with Crippen molar-refractivity contribution in [2.75, 3.05) is 0 Å². The smallest absolute Gasteiger partial charge is 0.238 e. The molecule has 6 heteroatoms. The molecule has 0 aliphatic rings. The van der Waals surface area contributed by atoms with Crippen LogP contribution in [0.3, 0.4) is 0 Å². The van der Waals surface area contributed by atoms with Crippen LogP contribution in [0.5, 0.6) is 0 Å². The maximum absolute atomic E-state index is 9.27. The minimum Gasteiger partial charge on any atom is -0.309 e. The lowest BCUT2D eigenvalue weighted by Crippen LogP contribution is -2.09. The molecule has 4 heterocycles. The molecule has 0 unspecified atom stereocenters. The number of nitrogens with zero attached hydrogens (tertiary/aromatic N) is 6. The lowest BCUT2D eigenvalue weighted by atomic mass is 10.1. The number of aromatic nitrogens is 6. The minimum absolute atomic E-state index is 0.0101. The Bertz CT molecular complexity index is 4050. The van der Waals surface area contributed by atoms with Crippen molar-refractivity contribution in [1.82, 2.24) is 28.7 Å². The average Bonchev–Trinajstić information content (AvgIpc) is 4.04. The van der Waals surface area contributed by atoms with Crippen LogP contribution in [0.1, 0.15) is 16.4 Å². The maximum Gasteiger partial charge on any atom is 0.238 e. The third-order valence-electron chi connectivity index (χ3n) is 10.5. The summed E-state index contributed by atoms with van der Waals surface area (Å²) < 4.78 is 112. The molecule has 0 aliphatic heterocycles. The van der Waals surface area contributed by atoms with Gasteiger partial charge in [0.2, 0.25) is 5.95 Å². The Kier molecular flexibility index (Phi) is 4.74. The number of para-hydroxylation sites is 8. The van der Waals surface area contributed by atoms with Crippen LogP contribution >= 0.6 is 0 Å². The topological polar surface area (TPSA) is 53.5 Å². The van der Waals surface area contributed by atoms with E-state index in [0.29, 0.717) is 66.0 Å². The zero-order chi connectivity index (χ0) is 47.9. The van der Waals surface area contributed by atoms with Crippen molar-refractivity contribution in [3.8, 4) is 40.1 Å². The molecule has 6 nitrogen and oxygen atoms in total. The first-order valence-corrected chi connectivity index (χ1v) is 18.2. The number of benzene rings is 8. The number of hydrogen-bond acceptors (Lipinski definition) is 3. The average molecular weight is 741 g/mol. The zero-order valence-corrected chi connectivity index (χ0v) is 29.7. The van der Waals surface area contributed by atoms with Crippen molar-refractivity contribution in [3.05, 3.63) is 194 Å². The van der Waals surface area contributed by atoms with Crippen LogP contribution in [-0.2, 0) is 0 Å².